The average Bonchev–Trinajstić information content (AvgIpc) is 3.25. The van der Waals surface area contributed by atoms with Crippen LogP contribution in [0.1, 0.15) is 60.0 Å². The minimum Gasteiger partial charge on any atom is -0.467 e. The molecule has 0 bridgehead atoms. The first-order valence-electron chi connectivity index (χ1n) is 8.38. The molecule has 0 aliphatic carbocycles. The molecule has 24 heavy (non-hydrogen) atoms. The fraction of sp³-hybridized carbons (Fsp3) is 0.368. The van der Waals surface area contributed by atoms with Crippen LogP contribution in [0.15, 0.2) is 41.0 Å². The summed E-state index contributed by atoms with van der Waals surface area (Å²) >= 11 is 0. The third-order valence-electron chi connectivity index (χ3n) is 4.98. The topological polar surface area (TPSA) is 62.6 Å². The Labute approximate surface area is 140 Å². The molecule has 1 saturated heterocycles. The maximum absolute atomic E-state index is 12.3. The lowest BCUT2D eigenvalue weighted by atomic mass is 9.89. The minimum absolute atomic E-state index is 0.0223. The van der Waals surface area contributed by atoms with E-state index in [0.29, 0.717) is 12.0 Å². The van der Waals surface area contributed by atoms with Crippen molar-refractivity contribution in [3.05, 3.63) is 53.5 Å². The van der Waals surface area contributed by atoms with Crippen molar-refractivity contribution in [1.82, 2.24) is 4.90 Å². The molecule has 4 rings (SSSR count). The normalized spacial score (nSPS) is 23.0. The number of Topliss-reactive ketones (excluding diaryl/α,β-unsaturated/α-hetero) is 1. The first-order chi connectivity index (χ1) is 11.6. The highest BCUT2D eigenvalue weighted by Crippen LogP contribution is 2.43. The molecule has 2 aliphatic heterocycles. The van der Waals surface area contributed by atoms with Crippen LogP contribution >= 0.6 is 0 Å². The molecule has 1 fully saturated rings. The number of hydrogen-bond donors (Lipinski definition) is 1. The molecule has 0 unspecified atom stereocenters. The van der Waals surface area contributed by atoms with E-state index >= 15 is 0 Å². The van der Waals surface area contributed by atoms with Gasteiger partial charge in [0.15, 0.2) is 5.78 Å². The summed E-state index contributed by atoms with van der Waals surface area (Å²) in [4.78, 5) is 26.0. The number of carbonyl (C=O) groups is 2. The van der Waals surface area contributed by atoms with Gasteiger partial charge in [-0.2, -0.15) is 0 Å². The second-order valence-electron chi connectivity index (χ2n) is 6.51. The number of furan rings is 1. The minimum atomic E-state index is -0.0225. The van der Waals surface area contributed by atoms with Crippen LogP contribution in [0, 0.1) is 0 Å². The molecule has 1 aromatic carbocycles. The molecular formula is C19H20N2O3. The molecule has 2 atom stereocenters. The molecule has 0 spiro atoms. The summed E-state index contributed by atoms with van der Waals surface area (Å²) in [6.45, 7) is 2.35. The van der Waals surface area contributed by atoms with Crippen LogP contribution in [-0.4, -0.2) is 23.1 Å². The quantitative estimate of drug-likeness (QED) is 0.874. The van der Waals surface area contributed by atoms with Gasteiger partial charge in [-0.25, -0.2) is 0 Å². The second-order valence-corrected chi connectivity index (χ2v) is 6.51. The van der Waals surface area contributed by atoms with Gasteiger partial charge in [-0.1, -0.05) is 0 Å². The zero-order chi connectivity index (χ0) is 16.7. The average molecular weight is 324 g/mol. The van der Waals surface area contributed by atoms with E-state index in [1.54, 1.807) is 13.2 Å². The Morgan fingerprint density at radius 3 is 2.88 bits per heavy atom. The van der Waals surface area contributed by atoms with E-state index in [1.807, 2.05) is 35.2 Å². The van der Waals surface area contributed by atoms with Crippen molar-refractivity contribution < 1.29 is 14.0 Å². The van der Waals surface area contributed by atoms with Gasteiger partial charge in [0.2, 0.25) is 5.91 Å². The van der Waals surface area contributed by atoms with Crippen molar-refractivity contribution in [2.75, 3.05) is 11.9 Å². The van der Waals surface area contributed by atoms with Gasteiger partial charge in [0.25, 0.3) is 0 Å². The predicted octanol–water partition coefficient (Wildman–Crippen LogP) is 3.70. The molecule has 2 aliphatic rings. The van der Waals surface area contributed by atoms with Gasteiger partial charge in [0.05, 0.1) is 18.3 Å². The number of anilines is 1. The lowest BCUT2D eigenvalue weighted by Gasteiger charge is -2.37. The maximum atomic E-state index is 12.3. The van der Waals surface area contributed by atoms with E-state index in [0.717, 1.165) is 36.4 Å². The smallest absolute Gasteiger partial charge is 0.223 e. The number of amides is 1. The fourth-order valence-electron chi connectivity index (χ4n) is 3.76. The number of nitrogens with zero attached hydrogens (tertiary/aromatic N) is 1. The summed E-state index contributed by atoms with van der Waals surface area (Å²) in [5.41, 5.74) is 2.68. The summed E-state index contributed by atoms with van der Waals surface area (Å²) in [6, 6.07) is 9.53. The number of rotatable bonds is 3. The Morgan fingerprint density at radius 1 is 1.33 bits per heavy atom. The van der Waals surface area contributed by atoms with Crippen LogP contribution in [-0.2, 0) is 4.79 Å². The SMILES string of the molecule is CC(=O)c1ccc2c(c1)[C@@H](N1CCCC1=O)C[C@@H](c1ccco1)N2. The molecule has 5 heteroatoms. The second kappa shape index (κ2) is 5.82. The van der Waals surface area contributed by atoms with Crippen molar-refractivity contribution in [3.8, 4) is 0 Å². The number of likely N-dealkylation sites (tertiary alicyclic amines) is 1. The first kappa shape index (κ1) is 15.0. The fourth-order valence-corrected chi connectivity index (χ4v) is 3.76. The van der Waals surface area contributed by atoms with Gasteiger partial charge >= 0.3 is 0 Å². The van der Waals surface area contributed by atoms with E-state index in [4.69, 9.17) is 4.42 Å². The third-order valence-corrected chi connectivity index (χ3v) is 4.98. The number of hydrogen-bond acceptors (Lipinski definition) is 4. The van der Waals surface area contributed by atoms with Crippen LogP contribution in [0.5, 0.6) is 0 Å². The number of nitrogens with one attached hydrogen (secondary N) is 1. The Bertz CT molecular complexity index is 782. The summed E-state index contributed by atoms with van der Waals surface area (Å²) in [6.07, 6.45) is 3.92. The van der Waals surface area contributed by atoms with E-state index in [1.165, 1.54) is 0 Å². The van der Waals surface area contributed by atoms with Crippen LogP contribution < -0.4 is 5.32 Å². The van der Waals surface area contributed by atoms with Crippen molar-refractivity contribution in [1.29, 1.82) is 0 Å². The first-order valence-corrected chi connectivity index (χ1v) is 8.38. The van der Waals surface area contributed by atoms with Crippen molar-refractivity contribution in [2.45, 2.75) is 38.3 Å². The Kier molecular flexibility index (Phi) is 3.63. The van der Waals surface area contributed by atoms with Crippen molar-refractivity contribution in [2.24, 2.45) is 0 Å². The number of benzene rings is 1. The number of carbonyl (C=O) groups excluding carboxylic acids is 2. The Balaban J connectivity index is 1.76. The molecule has 0 saturated carbocycles. The predicted molar refractivity (Wildman–Crippen MR) is 89.8 cm³/mol. The van der Waals surface area contributed by atoms with Crippen LogP contribution in [0.3, 0.4) is 0 Å². The van der Waals surface area contributed by atoms with Gasteiger partial charge in [0, 0.05) is 24.2 Å². The molecule has 5 nitrogen and oxygen atoms in total. The van der Waals surface area contributed by atoms with Crippen LogP contribution in [0.4, 0.5) is 5.69 Å². The lowest BCUT2D eigenvalue weighted by Crippen LogP contribution is -2.35. The maximum Gasteiger partial charge on any atom is 0.223 e. The molecule has 3 heterocycles. The highest BCUT2D eigenvalue weighted by Gasteiger charge is 2.36. The van der Waals surface area contributed by atoms with E-state index in [2.05, 4.69) is 5.32 Å². The molecule has 0 radical (unpaired) electrons. The van der Waals surface area contributed by atoms with E-state index < -0.39 is 0 Å². The van der Waals surface area contributed by atoms with Gasteiger partial charge in [0.1, 0.15) is 5.76 Å². The number of ketones is 1. The van der Waals surface area contributed by atoms with Gasteiger partial charge in [-0.05, 0) is 55.7 Å². The zero-order valence-corrected chi connectivity index (χ0v) is 13.6. The standard InChI is InChI=1S/C19H20N2O3/c1-12(22)13-6-7-15-14(10-13)17(21-8-2-5-19(21)23)11-16(20-15)18-4-3-9-24-18/h3-4,6-7,9-10,16-17,20H,2,5,8,11H2,1H3/t16-,17-/m0/s1. The highest BCUT2D eigenvalue weighted by molar-refractivity contribution is 5.95. The highest BCUT2D eigenvalue weighted by atomic mass is 16.3. The van der Waals surface area contributed by atoms with Gasteiger partial charge in [-0.15, -0.1) is 0 Å². The van der Waals surface area contributed by atoms with Crippen molar-refractivity contribution in [3.63, 3.8) is 0 Å². The van der Waals surface area contributed by atoms with E-state index in [9.17, 15) is 9.59 Å². The van der Waals surface area contributed by atoms with Gasteiger partial charge in [-0.3, -0.25) is 9.59 Å². The molecule has 1 aromatic heterocycles. The molecule has 2 aromatic rings. The monoisotopic (exact) mass is 324 g/mol. The summed E-state index contributed by atoms with van der Waals surface area (Å²) in [5, 5.41) is 3.49. The summed E-state index contributed by atoms with van der Waals surface area (Å²) in [5.74, 6) is 1.10. The zero-order valence-electron chi connectivity index (χ0n) is 13.6. The third kappa shape index (κ3) is 2.50. The summed E-state index contributed by atoms with van der Waals surface area (Å²) < 4.78 is 5.57. The molecule has 1 amide bonds. The van der Waals surface area contributed by atoms with Gasteiger partial charge < -0.3 is 14.6 Å². The molecule has 1 N–H and O–H groups in total. The Hall–Kier alpha value is -2.56. The lowest BCUT2D eigenvalue weighted by molar-refractivity contribution is -0.130. The largest absolute Gasteiger partial charge is 0.467 e. The Morgan fingerprint density at radius 2 is 2.21 bits per heavy atom. The summed E-state index contributed by atoms with van der Waals surface area (Å²) in [7, 11) is 0. The molecular weight excluding hydrogens is 304 g/mol. The number of fused-ring (bicyclic) bond motifs is 1. The van der Waals surface area contributed by atoms with Crippen LogP contribution in [0.25, 0.3) is 0 Å². The van der Waals surface area contributed by atoms with Crippen LogP contribution in [0.2, 0.25) is 0 Å². The van der Waals surface area contributed by atoms with Crippen molar-refractivity contribution >= 4 is 17.4 Å². The van der Waals surface area contributed by atoms with E-state index in [-0.39, 0.29) is 23.8 Å². The molecule has 124 valence electrons.